The van der Waals surface area contributed by atoms with Crippen LogP contribution in [-0.4, -0.2) is 23.3 Å². The van der Waals surface area contributed by atoms with Gasteiger partial charge in [-0.3, -0.25) is 24.5 Å². The molecular weight excluding hydrogens is 242 g/mol. The number of carbonyl (C=O) groups excluding carboxylic acids is 2. The molecular formula is C10H11N3O5. The van der Waals surface area contributed by atoms with Gasteiger partial charge in [0.05, 0.1) is 4.92 Å². The van der Waals surface area contributed by atoms with Gasteiger partial charge in [-0.2, -0.15) is 0 Å². The summed E-state index contributed by atoms with van der Waals surface area (Å²) in [7, 11) is 0. The molecule has 1 rings (SSSR count). The third-order valence-corrected chi connectivity index (χ3v) is 1.91. The van der Waals surface area contributed by atoms with E-state index in [9.17, 15) is 19.7 Å². The van der Waals surface area contributed by atoms with Gasteiger partial charge in [-0.25, -0.2) is 5.48 Å². The van der Waals surface area contributed by atoms with E-state index in [4.69, 9.17) is 5.73 Å². The molecule has 1 aromatic rings. The van der Waals surface area contributed by atoms with Gasteiger partial charge in [-0.1, -0.05) is 0 Å². The highest BCUT2D eigenvalue weighted by Crippen LogP contribution is 2.16. The predicted molar refractivity (Wildman–Crippen MR) is 60.4 cm³/mol. The fourth-order valence-electron chi connectivity index (χ4n) is 1.23. The molecule has 2 amide bonds. The highest BCUT2D eigenvalue weighted by atomic mass is 16.7. The summed E-state index contributed by atoms with van der Waals surface area (Å²) in [5.41, 5.74) is 7.18. The van der Waals surface area contributed by atoms with Gasteiger partial charge in [0.1, 0.15) is 0 Å². The van der Waals surface area contributed by atoms with Crippen molar-refractivity contribution in [2.45, 2.75) is 6.92 Å². The fraction of sp³-hybridized carbons (Fsp3) is 0.200. The predicted octanol–water partition coefficient (Wildman–Crippen LogP) is 0.0499. The van der Waals surface area contributed by atoms with Gasteiger partial charge in [0, 0.05) is 17.7 Å². The molecule has 0 aliphatic heterocycles. The van der Waals surface area contributed by atoms with Crippen molar-refractivity contribution in [3.63, 3.8) is 0 Å². The Kier molecular flexibility index (Phi) is 4.33. The number of nitrogens with two attached hydrogens (primary N) is 1. The van der Waals surface area contributed by atoms with E-state index in [1.165, 1.54) is 12.1 Å². The minimum atomic E-state index is -0.745. The van der Waals surface area contributed by atoms with Crippen molar-refractivity contribution in [3.05, 3.63) is 39.4 Å². The van der Waals surface area contributed by atoms with E-state index in [-0.39, 0.29) is 11.3 Å². The van der Waals surface area contributed by atoms with Crippen LogP contribution in [0.2, 0.25) is 0 Å². The topological polar surface area (TPSA) is 125 Å². The molecule has 0 fully saturated rings. The molecule has 0 aromatic heterocycles. The Labute approximate surface area is 102 Å². The monoisotopic (exact) mass is 253 g/mol. The highest BCUT2D eigenvalue weighted by molar-refractivity contribution is 5.94. The lowest BCUT2D eigenvalue weighted by molar-refractivity contribution is -0.384. The molecule has 0 aliphatic carbocycles. The second kappa shape index (κ2) is 5.73. The van der Waals surface area contributed by atoms with Gasteiger partial charge in [0.25, 0.3) is 11.6 Å². The van der Waals surface area contributed by atoms with E-state index >= 15 is 0 Å². The van der Waals surface area contributed by atoms with Crippen LogP contribution in [0, 0.1) is 17.0 Å². The number of primary amides is 1. The van der Waals surface area contributed by atoms with Crippen molar-refractivity contribution in [1.82, 2.24) is 5.48 Å². The SMILES string of the molecule is Cc1cc(C(=O)NOCC(N)=O)cc([N+](=O)[O-])c1. The highest BCUT2D eigenvalue weighted by Gasteiger charge is 2.13. The van der Waals surface area contributed by atoms with Crippen LogP contribution in [0.4, 0.5) is 5.69 Å². The first-order chi connectivity index (χ1) is 8.40. The van der Waals surface area contributed by atoms with E-state index in [0.29, 0.717) is 5.56 Å². The van der Waals surface area contributed by atoms with Crippen LogP contribution >= 0.6 is 0 Å². The zero-order valence-electron chi connectivity index (χ0n) is 9.50. The number of hydroxylamine groups is 1. The third-order valence-electron chi connectivity index (χ3n) is 1.91. The summed E-state index contributed by atoms with van der Waals surface area (Å²) in [6.45, 7) is 1.15. The first kappa shape index (κ1) is 13.6. The van der Waals surface area contributed by atoms with E-state index in [0.717, 1.165) is 6.07 Å². The number of rotatable bonds is 5. The van der Waals surface area contributed by atoms with Gasteiger partial charge in [-0.15, -0.1) is 0 Å². The van der Waals surface area contributed by atoms with Crippen LogP contribution < -0.4 is 11.2 Å². The molecule has 3 N–H and O–H groups in total. The minimum Gasteiger partial charge on any atom is -0.368 e. The Morgan fingerprint density at radius 3 is 2.67 bits per heavy atom. The van der Waals surface area contributed by atoms with Gasteiger partial charge >= 0.3 is 0 Å². The number of nitrogens with zero attached hydrogens (tertiary/aromatic N) is 1. The molecule has 0 radical (unpaired) electrons. The Morgan fingerprint density at radius 2 is 2.11 bits per heavy atom. The number of non-ortho nitro benzene ring substituents is 1. The molecule has 0 atom stereocenters. The summed E-state index contributed by atoms with van der Waals surface area (Å²) in [5, 5.41) is 10.6. The Bertz CT molecular complexity index is 500. The number of benzene rings is 1. The average Bonchev–Trinajstić information content (AvgIpc) is 2.27. The molecule has 96 valence electrons. The normalized spacial score (nSPS) is 9.83. The maximum absolute atomic E-state index is 11.5. The Morgan fingerprint density at radius 1 is 1.44 bits per heavy atom. The molecule has 0 unspecified atom stereocenters. The summed E-state index contributed by atoms with van der Waals surface area (Å²) < 4.78 is 0. The number of aryl methyl sites for hydroxylation is 1. The van der Waals surface area contributed by atoms with Gasteiger partial charge in [0.15, 0.2) is 6.61 Å². The molecule has 0 heterocycles. The summed E-state index contributed by atoms with van der Waals surface area (Å²) in [5.74, 6) is -1.44. The quantitative estimate of drug-likeness (QED) is 0.566. The summed E-state index contributed by atoms with van der Waals surface area (Å²) >= 11 is 0. The number of nitro groups is 1. The van der Waals surface area contributed by atoms with E-state index in [2.05, 4.69) is 4.84 Å². The maximum atomic E-state index is 11.5. The second-order valence-electron chi connectivity index (χ2n) is 3.50. The largest absolute Gasteiger partial charge is 0.368 e. The number of amides is 2. The van der Waals surface area contributed by atoms with Crippen molar-refractivity contribution in [1.29, 1.82) is 0 Å². The summed E-state index contributed by atoms with van der Waals surface area (Å²) in [4.78, 5) is 36.4. The lowest BCUT2D eigenvalue weighted by Crippen LogP contribution is -2.29. The van der Waals surface area contributed by atoms with Crippen molar-refractivity contribution in [2.24, 2.45) is 5.73 Å². The molecule has 18 heavy (non-hydrogen) atoms. The maximum Gasteiger partial charge on any atom is 0.275 e. The zero-order chi connectivity index (χ0) is 13.7. The van der Waals surface area contributed by atoms with Crippen molar-refractivity contribution in [2.75, 3.05) is 6.61 Å². The van der Waals surface area contributed by atoms with Crippen LogP contribution in [0.5, 0.6) is 0 Å². The molecule has 8 heteroatoms. The molecule has 0 spiro atoms. The van der Waals surface area contributed by atoms with E-state index in [1.807, 2.05) is 5.48 Å². The van der Waals surface area contributed by atoms with Crippen molar-refractivity contribution in [3.8, 4) is 0 Å². The van der Waals surface area contributed by atoms with Crippen molar-refractivity contribution >= 4 is 17.5 Å². The van der Waals surface area contributed by atoms with Gasteiger partial charge < -0.3 is 5.73 Å². The molecule has 0 bridgehead atoms. The molecule has 0 saturated heterocycles. The van der Waals surface area contributed by atoms with Crippen LogP contribution in [0.15, 0.2) is 18.2 Å². The fourth-order valence-corrected chi connectivity index (χ4v) is 1.23. The van der Waals surface area contributed by atoms with Crippen LogP contribution in [0.25, 0.3) is 0 Å². The number of hydrogen-bond donors (Lipinski definition) is 2. The minimum absolute atomic E-state index is 0.0613. The zero-order valence-corrected chi connectivity index (χ0v) is 9.50. The van der Waals surface area contributed by atoms with Gasteiger partial charge in [-0.05, 0) is 18.6 Å². The van der Waals surface area contributed by atoms with Crippen LogP contribution in [-0.2, 0) is 9.63 Å². The first-order valence-electron chi connectivity index (χ1n) is 4.86. The summed E-state index contributed by atoms with van der Waals surface area (Å²) in [6, 6.07) is 3.90. The second-order valence-corrected chi connectivity index (χ2v) is 3.50. The van der Waals surface area contributed by atoms with Crippen LogP contribution in [0.3, 0.4) is 0 Å². The van der Waals surface area contributed by atoms with Gasteiger partial charge in [0.2, 0.25) is 5.91 Å². The number of hydrogen-bond acceptors (Lipinski definition) is 5. The first-order valence-corrected chi connectivity index (χ1v) is 4.86. The van der Waals surface area contributed by atoms with Crippen molar-refractivity contribution < 1.29 is 19.3 Å². The number of carbonyl (C=O) groups is 2. The number of nitrogens with one attached hydrogen (secondary N) is 1. The third kappa shape index (κ3) is 3.83. The van der Waals surface area contributed by atoms with E-state index < -0.39 is 23.3 Å². The Hall–Kier alpha value is -2.48. The lowest BCUT2D eigenvalue weighted by Gasteiger charge is -2.05. The average molecular weight is 253 g/mol. The molecule has 0 saturated carbocycles. The molecule has 1 aromatic carbocycles. The Balaban J connectivity index is 2.79. The molecule has 8 nitrogen and oxygen atoms in total. The number of nitro benzene ring substituents is 1. The standard InChI is InChI=1S/C10H11N3O5/c1-6-2-7(4-8(3-6)13(16)17)10(15)12-18-5-9(11)14/h2-4H,5H2,1H3,(H2,11,14)(H,12,15). The lowest BCUT2D eigenvalue weighted by atomic mass is 10.1. The smallest absolute Gasteiger partial charge is 0.275 e. The molecule has 0 aliphatic rings. The van der Waals surface area contributed by atoms with Crippen LogP contribution in [0.1, 0.15) is 15.9 Å². The van der Waals surface area contributed by atoms with E-state index in [1.54, 1.807) is 6.92 Å². The summed E-state index contributed by atoms with van der Waals surface area (Å²) in [6.07, 6.45) is 0.